The number of rotatable bonds is 5. The molecule has 5 heteroatoms. The van der Waals surface area contributed by atoms with E-state index in [4.69, 9.17) is 0 Å². The fourth-order valence-corrected chi connectivity index (χ4v) is 2.53. The Labute approximate surface area is 147 Å². The molecule has 2 N–H and O–H groups in total. The lowest BCUT2D eigenvalue weighted by Crippen LogP contribution is -2.14. The molecule has 0 saturated heterocycles. The second-order valence-electron chi connectivity index (χ2n) is 5.89. The fourth-order valence-electron chi connectivity index (χ4n) is 2.53. The van der Waals surface area contributed by atoms with Crippen LogP contribution in [-0.2, 0) is 11.2 Å². The first-order chi connectivity index (χ1) is 12.1. The molecule has 1 amide bonds. The number of nitrogens with zero attached hydrogens (tertiary/aromatic N) is 2. The minimum absolute atomic E-state index is 0.0375. The molecule has 2 aromatic carbocycles. The van der Waals surface area contributed by atoms with Gasteiger partial charge in [-0.25, -0.2) is 9.97 Å². The van der Waals surface area contributed by atoms with Gasteiger partial charge in [0, 0.05) is 22.8 Å². The molecule has 0 aliphatic carbocycles. The summed E-state index contributed by atoms with van der Waals surface area (Å²) in [5, 5.41) is 6.07. The quantitative estimate of drug-likeness (QED) is 0.740. The van der Waals surface area contributed by atoms with Crippen molar-refractivity contribution >= 4 is 23.2 Å². The van der Waals surface area contributed by atoms with Crippen molar-refractivity contribution in [1.29, 1.82) is 0 Å². The minimum atomic E-state index is -0.0375. The van der Waals surface area contributed by atoms with Gasteiger partial charge in [0.1, 0.15) is 0 Å². The number of carbonyl (C=O) groups excluding carboxylic acids is 1. The highest BCUT2D eigenvalue weighted by molar-refractivity contribution is 5.92. The lowest BCUT2D eigenvalue weighted by atomic mass is 10.1. The average molecular weight is 332 g/mol. The van der Waals surface area contributed by atoms with E-state index in [1.54, 1.807) is 0 Å². The molecule has 25 heavy (non-hydrogen) atoms. The molecule has 0 unspecified atom stereocenters. The van der Waals surface area contributed by atoms with Crippen LogP contribution in [0.15, 0.2) is 60.7 Å². The van der Waals surface area contributed by atoms with Gasteiger partial charge >= 0.3 is 0 Å². The average Bonchev–Trinajstić information content (AvgIpc) is 2.56. The third-order valence-corrected chi connectivity index (χ3v) is 3.61. The number of aryl methyl sites for hydroxylation is 2. The number of carbonyl (C=O) groups is 1. The molecule has 0 atom stereocenters. The molecule has 1 aromatic heterocycles. The van der Waals surface area contributed by atoms with E-state index >= 15 is 0 Å². The molecule has 0 aliphatic heterocycles. The van der Waals surface area contributed by atoms with Crippen molar-refractivity contribution in [3.8, 4) is 0 Å². The van der Waals surface area contributed by atoms with E-state index in [2.05, 4.69) is 20.6 Å². The van der Waals surface area contributed by atoms with Crippen molar-refractivity contribution in [2.75, 3.05) is 10.6 Å². The lowest BCUT2D eigenvalue weighted by Gasteiger charge is -2.09. The van der Waals surface area contributed by atoms with E-state index in [0.717, 1.165) is 28.3 Å². The van der Waals surface area contributed by atoms with Gasteiger partial charge in [0.15, 0.2) is 0 Å². The first-order valence-corrected chi connectivity index (χ1v) is 8.12. The van der Waals surface area contributed by atoms with E-state index in [-0.39, 0.29) is 5.91 Å². The monoisotopic (exact) mass is 332 g/mol. The number of aromatic nitrogens is 2. The Kier molecular flexibility index (Phi) is 5.04. The van der Waals surface area contributed by atoms with Crippen LogP contribution in [0.5, 0.6) is 0 Å². The number of benzene rings is 2. The van der Waals surface area contributed by atoms with Crippen LogP contribution in [0.2, 0.25) is 0 Å². The summed E-state index contributed by atoms with van der Waals surface area (Å²) in [5.74, 6) is 0.530. The van der Waals surface area contributed by atoms with Gasteiger partial charge < -0.3 is 10.6 Å². The van der Waals surface area contributed by atoms with Crippen LogP contribution in [0.1, 0.15) is 17.0 Å². The summed E-state index contributed by atoms with van der Waals surface area (Å²) in [6.45, 7) is 3.87. The molecular formula is C20H20N4O. The van der Waals surface area contributed by atoms with Crippen molar-refractivity contribution < 1.29 is 4.79 Å². The van der Waals surface area contributed by atoms with Crippen LogP contribution >= 0.6 is 0 Å². The predicted molar refractivity (Wildman–Crippen MR) is 100 cm³/mol. The van der Waals surface area contributed by atoms with Gasteiger partial charge in [-0.2, -0.15) is 0 Å². The highest BCUT2D eigenvalue weighted by atomic mass is 16.1. The van der Waals surface area contributed by atoms with Gasteiger partial charge in [-0.05, 0) is 49.7 Å². The van der Waals surface area contributed by atoms with Crippen LogP contribution in [0.25, 0.3) is 0 Å². The zero-order valence-corrected chi connectivity index (χ0v) is 14.3. The maximum absolute atomic E-state index is 12.1. The Hall–Kier alpha value is -3.21. The molecule has 0 bridgehead atoms. The molecule has 0 saturated carbocycles. The Morgan fingerprint density at radius 3 is 2.12 bits per heavy atom. The molecule has 126 valence electrons. The number of anilines is 3. The molecule has 3 aromatic rings. The maximum Gasteiger partial charge on any atom is 0.228 e. The van der Waals surface area contributed by atoms with Crippen molar-refractivity contribution in [2.24, 2.45) is 0 Å². The molecule has 0 aliphatic rings. The van der Waals surface area contributed by atoms with Gasteiger partial charge in [0.25, 0.3) is 0 Å². The third-order valence-electron chi connectivity index (χ3n) is 3.61. The Bertz CT molecular complexity index is 840. The summed E-state index contributed by atoms with van der Waals surface area (Å²) in [5.41, 5.74) is 4.45. The molecule has 1 heterocycles. The van der Waals surface area contributed by atoms with E-state index < -0.39 is 0 Å². The topological polar surface area (TPSA) is 66.9 Å². The summed E-state index contributed by atoms with van der Waals surface area (Å²) in [6, 6.07) is 19.1. The Morgan fingerprint density at radius 2 is 1.48 bits per heavy atom. The van der Waals surface area contributed by atoms with Crippen LogP contribution in [0.4, 0.5) is 17.3 Å². The van der Waals surface area contributed by atoms with E-state index in [0.29, 0.717) is 12.4 Å². The summed E-state index contributed by atoms with van der Waals surface area (Å²) in [7, 11) is 0. The standard InChI is InChI=1S/C20H20N4O/c1-14-12-15(2)22-20(21-14)24-18-10-8-17(9-11-18)23-19(25)13-16-6-4-3-5-7-16/h3-12H,13H2,1-2H3,(H,23,25)(H,21,22,24). The molecular weight excluding hydrogens is 312 g/mol. The van der Waals surface area contributed by atoms with Gasteiger partial charge in [-0.15, -0.1) is 0 Å². The molecule has 0 spiro atoms. The van der Waals surface area contributed by atoms with Gasteiger partial charge in [0.2, 0.25) is 11.9 Å². The smallest absolute Gasteiger partial charge is 0.228 e. The summed E-state index contributed by atoms with van der Waals surface area (Å²) in [4.78, 5) is 20.8. The van der Waals surface area contributed by atoms with Crippen LogP contribution in [-0.4, -0.2) is 15.9 Å². The van der Waals surface area contributed by atoms with E-state index in [9.17, 15) is 4.79 Å². The van der Waals surface area contributed by atoms with Crippen LogP contribution in [0.3, 0.4) is 0 Å². The Morgan fingerprint density at radius 1 is 0.880 bits per heavy atom. The summed E-state index contributed by atoms with van der Waals surface area (Å²) >= 11 is 0. The van der Waals surface area contributed by atoms with Crippen molar-refractivity contribution in [3.05, 3.63) is 77.6 Å². The van der Waals surface area contributed by atoms with Crippen molar-refractivity contribution in [1.82, 2.24) is 9.97 Å². The fraction of sp³-hybridized carbons (Fsp3) is 0.150. The van der Waals surface area contributed by atoms with Crippen molar-refractivity contribution in [3.63, 3.8) is 0 Å². The highest BCUT2D eigenvalue weighted by Crippen LogP contribution is 2.17. The minimum Gasteiger partial charge on any atom is -0.326 e. The number of nitrogens with one attached hydrogen (secondary N) is 2. The molecule has 0 fully saturated rings. The van der Waals surface area contributed by atoms with Gasteiger partial charge in [-0.3, -0.25) is 4.79 Å². The lowest BCUT2D eigenvalue weighted by molar-refractivity contribution is -0.115. The molecule has 0 radical (unpaired) electrons. The Balaban J connectivity index is 1.61. The van der Waals surface area contributed by atoms with Crippen LogP contribution in [0, 0.1) is 13.8 Å². The summed E-state index contributed by atoms with van der Waals surface area (Å²) < 4.78 is 0. The van der Waals surface area contributed by atoms with Gasteiger partial charge in [-0.1, -0.05) is 30.3 Å². The largest absolute Gasteiger partial charge is 0.326 e. The SMILES string of the molecule is Cc1cc(C)nc(Nc2ccc(NC(=O)Cc3ccccc3)cc2)n1. The van der Waals surface area contributed by atoms with E-state index in [1.807, 2.05) is 74.5 Å². The first kappa shape index (κ1) is 16.6. The van der Waals surface area contributed by atoms with E-state index in [1.165, 1.54) is 0 Å². The third kappa shape index (κ3) is 4.88. The number of amides is 1. The predicted octanol–water partition coefficient (Wildman–Crippen LogP) is 4.02. The molecule has 5 nitrogen and oxygen atoms in total. The normalized spacial score (nSPS) is 10.3. The second kappa shape index (κ2) is 7.57. The molecule has 3 rings (SSSR count). The summed E-state index contributed by atoms with van der Waals surface area (Å²) in [6.07, 6.45) is 0.358. The number of hydrogen-bond donors (Lipinski definition) is 2. The van der Waals surface area contributed by atoms with Crippen LogP contribution < -0.4 is 10.6 Å². The number of hydrogen-bond acceptors (Lipinski definition) is 4. The van der Waals surface area contributed by atoms with Crippen molar-refractivity contribution in [2.45, 2.75) is 20.3 Å². The second-order valence-corrected chi connectivity index (χ2v) is 5.89. The first-order valence-electron chi connectivity index (χ1n) is 8.12. The highest BCUT2D eigenvalue weighted by Gasteiger charge is 2.05. The van der Waals surface area contributed by atoms with Gasteiger partial charge in [0.05, 0.1) is 6.42 Å². The maximum atomic E-state index is 12.1. The zero-order valence-electron chi connectivity index (χ0n) is 14.3. The zero-order chi connectivity index (χ0) is 17.6.